The summed E-state index contributed by atoms with van der Waals surface area (Å²) in [6, 6.07) is 8.13. The number of fused-ring (bicyclic) bond motifs is 1. The second-order valence-corrected chi connectivity index (χ2v) is 5.38. The summed E-state index contributed by atoms with van der Waals surface area (Å²) in [6.07, 6.45) is 4.13. The van der Waals surface area contributed by atoms with Crippen LogP contribution in [-0.4, -0.2) is 31.2 Å². The quantitative estimate of drug-likeness (QED) is 0.870. The number of amides is 1. The molecule has 1 aliphatic heterocycles. The first-order valence-electron chi connectivity index (χ1n) is 6.95. The van der Waals surface area contributed by atoms with Crippen molar-refractivity contribution in [3.8, 4) is 0 Å². The lowest BCUT2D eigenvalue weighted by molar-refractivity contribution is -0.123. The van der Waals surface area contributed by atoms with E-state index in [4.69, 9.17) is 4.74 Å². The van der Waals surface area contributed by atoms with Crippen LogP contribution in [0.15, 0.2) is 24.3 Å². The number of benzene rings is 1. The first kappa shape index (κ1) is 12.5. The SMILES string of the molecule is COC1CCCC1NC(=O)[C@@H]1Cc2ccccc2N1. The van der Waals surface area contributed by atoms with E-state index in [1.807, 2.05) is 18.2 Å². The number of carbonyl (C=O) groups is 1. The lowest BCUT2D eigenvalue weighted by Gasteiger charge is -2.21. The third-order valence-electron chi connectivity index (χ3n) is 4.17. The summed E-state index contributed by atoms with van der Waals surface area (Å²) in [6.45, 7) is 0. The Labute approximate surface area is 113 Å². The molecule has 0 aromatic heterocycles. The topological polar surface area (TPSA) is 50.4 Å². The molecule has 1 fully saturated rings. The lowest BCUT2D eigenvalue weighted by Crippen LogP contribution is -2.47. The maximum absolute atomic E-state index is 12.3. The number of hydrogen-bond donors (Lipinski definition) is 2. The molecule has 3 rings (SSSR count). The molecule has 1 amide bonds. The standard InChI is InChI=1S/C15H20N2O2/c1-19-14-8-4-7-12(14)17-15(18)13-9-10-5-2-3-6-11(10)16-13/h2-3,5-6,12-14,16H,4,7-9H2,1H3,(H,17,18)/t12?,13-,14?/m0/s1. The monoisotopic (exact) mass is 260 g/mol. The molecule has 1 aliphatic carbocycles. The first-order valence-corrected chi connectivity index (χ1v) is 6.95. The molecule has 0 saturated heterocycles. The van der Waals surface area contributed by atoms with E-state index in [0.29, 0.717) is 0 Å². The van der Waals surface area contributed by atoms with Crippen molar-refractivity contribution in [2.24, 2.45) is 0 Å². The van der Waals surface area contributed by atoms with Crippen molar-refractivity contribution in [1.82, 2.24) is 5.32 Å². The molecule has 1 aromatic carbocycles. The summed E-state index contributed by atoms with van der Waals surface area (Å²) >= 11 is 0. The maximum Gasteiger partial charge on any atom is 0.243 e. The van der Waals surface area contributed by atoms with Crippen molar-refractivity contribution in [1.29, 1.82) is 0 Å². The van der Waals surface area contributed by atoms with Crippen LogP contribution in [0.2, 0.25) is 0 Å². The number of methoxy groups -OCH3 is 1. The van der Waals surface area contributed by atoms with Crippen molar-refractivity contribution < 1.29 is 9.53 Å². The predicted octanol–water partition coefficient (Wildman–Crippen LogP) is 1.71. The highest BCUT2D eigenvalue weighted by Crippen LogP contribution is 2.26. The normalized spacial score (nSPS) is 28.8. The summed E-state index contributed by atoms with van der Waals surface area (Å²) in [4.78, 5) is 12.3. The van der Waals surface area contributed by atoms with E-state index < -0.39 is 0 Å². The number of hydrogen-bond acceptors (Lipinski definition) is 3. The van der Waals surface area contributed by atoms with Crippen LogP contribution in [0.4, 0.5) is 5.69 Å². The fraction of sp³-hybridized carbons (Fsp3) is 0.533. The fourth-order valence-corrected chi connectivity index (χ4v) is 3.11. The van der Waals surface area contributed by atoms with Crippen molar-refractivity contribution in [3.63, 3.8) is 0 Å². The number of nitrogens with one attached hydrogen (secondary N) is 2. The molecule has 0 spiro atoms. The van der Waals surface area contributed by atoms with E-state index in [9.17, 15) is 4.79 Å². The highest BCUT2D eigenvalue weighted by molar-refractivity contribution is 5.87. The first-order chi connectivity index (χ1) is 9.28. The second-order valence-electron chi connectivity index (χ2n) is 5.38. The Morgan fingerprint density at radius 2 is 2.21 bits per heavy atom. The van der Waals surface area contributed by atoms with Crippen molar-refractivity contribution in [2.45, 2.75) is 43.9 Å². The molecule has 102 valence electrons. The van der Waals surface area contributed by atoms with Gasteiger partial charge in [-0.15, -0.1) is 0 Å². The summed E-state index contributed by atoms with van der Waals surface area (Å²) in [5.74, 6) is 0.0881. The van der Waals surface area contributed by atoms with Crippen LogP contribution < -0.4 is 10.6 Å². The van der Waals surface area contributed by atoms with Gasteiger partial charge >= 0.3 is 0 Å². The molecule has 1 aromatic rings. The Balaban J connectivity index is 1.61. The zero-order valence-corrected chi connectivity index (χ0v) is 11.2. The third kappa shape index (κ3) is 2.45. The van der Waals surface area contributed by atoms with Gasteiger partial charge in [-0.3, -0.25) is 4.79 Å². The Kier molecular flexibility index (Phi) is 3.42. The van der Waals surface area contributed by atoms with Gasteiger partial charge in [-0.25, -0.2) is 0 Å². The number of rotatable bonds is 3. The molecule has 0 bridgehead atoms. The molecule has 2 N–H and O–H groups in total. The van der Waals surface area contributed by atoms with Gasteiger partial charge in [-0.2, -0.15) is 0 Å². The van der Waals surface area contributed by atoms with Crippen LogP contribution in [0.5, 0.6) is 0 Å². The van der Waals surface area contributed by atoms with Gasteiger partial charge in [0.05, 0.1) is 12.1 Å². The minimum Gasteiger partial charge on any atom is -0.379 e. The average Bonchev–Trinajstić information content (AvgIpc) is 3.03. The highest BCUT2D eigenvalue weighted by Gasteiger charge is 2.32. The van der Waals surface area contributed by atoms with Gasteiger partial charge in [0.25, 0.3) is 0 Å². The molecule has 1 saturated carbocycles. The van der Waals surface area contributed by atoms with E-state index in [1.54, 1.807) is 7.11 Å². The molecule has 4 nitrogen and oxygen atoms in total. The van der Waals surface area contributed by atoms with Crippen LogP contribution in [0.25, 0.3) is 0 Å². The summed E-state index contributed by atoms with van der Waals surface area (Å²) in [5.41, 5.74) is 2.30. The van der Waals surface area contributed by atoms with Crippen LogP contribution >= 0.6 is 0 Å². The summed E-state index contributed by atoms with van der Waals surface area (Å²) < 4.78 is 5.41. The van der Waals surface area contributed by atoms with E-state index in [0.717, 1.165) is 31.4 Å². The maximum atomic E-state index is 12.3. The van der Waals surface area contributed by atoms with Gasteiger partial charge in [-0.05, 0) is 30.9 Å². The minimum atomic E-state index is -0.143. The molecule has 0 radical (unpaired) electrons. The van der Waals surface area contributed by atoms with Crippen LogP contribution in [0, 0.1) is 0 Å². The van der Waals surface area contributed by atoms with E-state index in [-0.39, 0.29) is 24.1 Å². The molecule has 4 heteroatoms. The van der Waals surface area contributed by atoms with Crippen LogP contribution in [0.1, 0.15) is 24.8 Å². The van der Waals surface area contributed by atoms with Gasteiger partial charge in [-0.1, -0.05) is 18.2 Å². The Morgan fingerprint density at radius 1 is 1.37 bits per heavy atom. The molecule has 2 unspecified atom stereocenters. The number of ether oxygens (including phenoxy) is 1. The smallest absolute Gasteiger partial charge is 0.243 e. The molecular weight excluding hydrogens is 240 g/mol. The Hall–Kier alpha value is -1.55. The zero-order valence-electron chi connectivity index (χ0n) is 11.2. The summed E-state index contributed by atoms with van der Waals surface area (Å²) in [5, 5.41) is 6.42. The average molecular weight is 260 g/mol. The van der Waals surface area contributed by atoms with Crippen LogP contribution in [0.3, 0.4) is 0 Å². The predicted molar refractivity (Wildman–Crippen MR) is 74.1 cm³/mol. The van der Waals surface area contributed by atoms with Crippen molar-refractivity contribution in [2.75, 3.05) is 12.4 Å². The van der Waals surface area contributed by atoms with Gasteiger partial charge < -0.3 is 15.4 Å². The van der Waals surface area contributed by atoms with Gasteiger partial charge in [0.1, 0.15) is 6.04 Å². The number of para-hydroxylation sites is 1. The minimum absolute atomic E-state index is 0.0881. The Morgan fingerprint density at radius 3 is 3.00 bits per heavy atom. The fourth-order valence-electron chi connectivity index (χ4n) is 3.11. The zero-order chi connectivity index (χ0) is 13.2. The van der Waals surface area contributed by atoms with E-state index >= 15 is 0 Å². The number of carbonyl (C=O) groups excluding carboxylic acids is 1. The van der Waals surface area contributed by atoms with E-state index in [1.165, 1.54) is 5.56 Å². The molecule has 2 aliphatic rings. The molecule has 3 atom stereocenters. The van der Waals surface area contributed by atoms with Crippen molar-refractivity contribution >= 4 is 11.6 Å². The van der Waals surface area contributed by atoms with Crippen LogP contribution in [-0.2, 0) is 16.0 Å². The van der Waals surface area contributed by atoms with Gasteiger partial charge in [0, 0.05) is 19.2 Å². The molecular formula is C15H20N2O2. The van der Waals surface area contributed by atoms with Gasteiger partial charge in [0.15, 0.2) is 0 Å². The Bertz CT molecular complexity index is 450. The molecule has 1 heterocycles. The third-order valence-corrected chi connectivity index (χ3v) is 4.17. The highest BCUT2D eigenvalue weighted by atomic mass is 16.5. The molecule has 19 heavy (non-hydrogen) atoms. The second kappa shape index (κ2) is 5.21. The van der Waals surface area contributed by atoms with Crippen molar-refractivity contribution in [3.05, 3.63) is 29.8 Å². The summed E-state index contributed by atoms with van der Waals surface area (Å²) in [7, 11) is 1.72. The van der Waals surface area contributed by atoms with E-state index in [2.05, 4.69) is 16.7 Å². The lowest BCUT2D eigenvalue weighted by atomic mass is 10.1. The number of anilines is 1. The van der Waals surface area contributed by atoms with Gasteiger partial charge in [0.2, 0.25) is 5.91 Å². The largest absolute Gasteiger partial charge is 0.379 e.